The molecule has 0 saturated heterocycles. The molecule has 0 saturated carbocycles. The first-order valence-corrected chi connectivity index (χ1v) is 7.98. The van der Waals surface area contributed by atoms with Crippen LogP contribution in [0.2, 0.25) is 0 Å². The highest BCUT2D eigenvalue weighted by atomic mass is 32.1. The molecule has 0 unspecified atom stereocenters. The molecule has 0 fully saturated rings. The van der Waals surface area contributed by atoms with Gasteiger partial charge in [0.1, 0.15) is 5.82 Å². The van der Waals surface area contributed by atoms with E-state index in [2.05, 4.69) is 11.1 Å². The van der Waals surface area contributed by atoms with Crippen molar-refractivity contribution in [3.8, 4) is 10.7 Å². The molecule has 102 valence electrons. The highest BCUT2D eigenvalue weighted by Gasteiger charge is 2.15. The fourth-order valence-corrected chi connectivity index (χ4v) is 4.13. The van der Waals surface area contributed by atoms with Crippen molar-refractivity contribution >= 4 is 28.1 Å². The Bertz CT molecular complexity index is 746. The van der Waals surface area contributed by atoms with Crippen LogP contribution in [0.4, 0.5) is 5.69 Å². The van der Waals surface area contributed by atoms with Crippen LogP contribution in [0.3, 0.4) is 0 Å². The summed E-state index contributed by atoms with van der Waals surface area (Å²) in [6.45, 7) is 0. The smallest absolute Gasteiger partial charge is 0.148 e. The summed E-state index contributed by atoms with van der Waals surface area (Å²) in [4.78, 5) is 10.9. The lowest BCUT2D eigenvalue weighted by Gasteiger charge is -1.92. The third-order valence-electron chi connectivity index (χ3n) is 3.99. The van der Waals surface area contributed by atoms with E-state index in [1.165, 1.54) is 42.5 Å². The van der Waals surface area contributed by atoms with E-state index in [0.717, 1.165) is 22.5 Å². The average molecular weight is 283 g/mol. The number of fused-ring (bicyclic) bond motifs is 2. The zero-order chi connectivity index (χ0) is 13.5. The molecular weight excluding hydrogens is 266 g/mol. The Kier molecular flexibility index (Phi) is 2.77. The van der Waals surface area contributed by atoms with Crippen molar-refractivity contribution in [2.75, 3.05) is 5.73 Å². The van der Waals surface area contributed by atoms with E-state index in [9.17, 15) is 0 Å². The molecule has 20 heavy (non-hydrogen) atoms. The zero-order valence-corrected chi connectivity index (χ0v) is 12.1. The molecule has 0 radical (unpaired) electrons. The number of thiophene rings is 1. The number of rotatable bonds is 1. The first kappa shape index (κ1) is 12.0. The Balaban J connectivity index is 1.78. The summed E-state index contributed by atoms with van der Waals surface area (Å²) in [5, 5.41) is 0. The van der Waals surface area contributed by atoms with Gasteiger partial charge in [-0.3, -0.25) is 0 Å². The van der Waals surface area contributed by atoms with Gasteiger partial charge in [-0.15, -0.1) is 11.3 Å². The molecule has 1 aliphatic carbocycles. The standard InChI is InChI=1S/C16H17N3S/c17-11-6-7-12-13(9-11)19-16(18-12)15-8-10-4-2-1-3-5-14(10)20-15/h6-9H,1-5,17H2,(H,18,19). The van der Waals surface area contributed by atoms with Gasteiger partial charge in [0.15, 0.2) is 0 Å². The summed E-state index contributed by atoms with van der Waals surface area (Å²) >= 11 is 1.90. The van der Waals surface area contributed by atoms with Gasteiger partial charge in [0.25, 0.3) is 0 Å². The van der Waals surface area contributed by atoms with E-state index in [1.54, 1.807) is 4.88 Å². The maximum atomic E-state index is 5.82. The summed E-state index contributed by atoms with van der Waals surface area (Å²) in [7, 11) is 0. The van der Waals surface area contributed by atoms with Gasteiger partial charge < -0.3 is 10.7 Å². The SMILES string of the molecule is Nc1ccc2nc(-c3cc4c(s3)CCCCC4)[nH]c2c1. The summed E-state index contributed by atoms with van der Waals surface area (Å²) in [6, 6.07) is 8.15. The van der Waals surface area contributed by atoms with Crippen LogP contribution in [0.1, 0.15) is 29.7 Å². The van der Waals surface area contributed by atoms with Gasteiger partial charge in [-0.2, -0.15) is 0 Å². The number of nitrogen functional groups attached to an aromatic ring is 1. The lowest BCUT2D eigenvalue weighted by atomic mass is 10.1. The number of hydrogen-bond acceptors (Lipinski definition) is 3. The molecule has 0 amide bonds. The third-order valence-corrected chi connectivity index (χ3v) is 5.23. The highest BCUT2D eigenvalue weighted by molar-refractivity contribution is 7.15. The maximum absolute atomic E-state index is 5.82. The van der Waals surface area contributed by atoms with Crippen LogP contribution in [-0.2, 0) is 12.8 Å². The molecule has 1 aromatic carbocycles. The zero-order valence-electron chi connectivity index (χ0n) is 11.3. The monoisotopic (exact) mass is 283 g/mol. The van der Waals surface area contributed by atoms with E-state index in [-0.39, 0.29) is 0 Å². The molecule has 3 nitrogen and oxygen atoms in total. The molecule has 3 aromatic rings. The minimum atomic E-state index is 0.773. The van der Waals surface area contributed by atoms with Gasteiger partial charge in [-0.1, -0.05) is 6.42 Å². The first-order chi connectivity index (χ1) is 9.79. The van der Waals surface area contributed by atoms with Crippen molar-refractivity contribution in [1.82, 2.24) is 9.97 Å². The molecular formula is C16H17N3S. The van der Waals surface area contributed by atoms with E-state index >= 15 is 0 Å². The van der Waals surface area contributed by atoms with Crippen molar-refractivity contribution in [3.05, 3.63) is 34.7 Å². The molecule has 4 rings (SSSR count). The minimum Gasteiger partial charge on any atom is -0.399 e. The Morgan fingerprint density at radius 3 is 2.95 bits per heavy atom. The molecule has 4 heteroatoms. The Morgan fingerprint density at radius 1 is 1.10 bits per heavy atom. The number of anilines is 1. The van der Waals surface area contributed by atoms with Gasteiger partial charge in [-0.25, -0.2) is 4.98 Å². The van der Waals surface area contributed by atoms with Crippen molar-refractivity contribution < 1.29 is 0 Å². The maximum Gasteiger partial charge on any atom is 0.148 e. The molecule has 1 aliphatic rings. The predicted octanol–water partition coefficient (Wildman–Crippen LogP) is 4.14. The number of benzene rings is 1. The van der Waals surface area contributed by atoms with Crippen LogP contribution in [0.15, 0.2) is 24.3 Å². The van der Waals surface area contributed by atoms with Crippen LogP contribution in [0.25, 0.3) is 21.7 Å². The largest absolute Gasteiger partial charge is 0.399 e. The second-order valence-corrected chi connectivity index (χ2v) is 6.62. The number of imidazole rings is 1. The second kappa shape index (κ2) is 4.63. The third kappa shape index (κ3) is 2.00. The lowest BCUT2D eigenvalue weighted by Crippen LogP contribution is -1.82. The quantitative estimate of drug-likeness (QED) is 0.521. The summed E-state index contributed by atoms with van der Waals surface area (Å²) in [5.41, 5.74) is 10.1. The van der Waals surface area contributed by atoms with E-state index in [0.29, 0.717) is 0 Å². The number of H-pyrrole nitrogens is 1. The lowest BCUT2D eigenvalue weighted by molar-refractivity contribution is 0.713. The van der Waals surface area contributed by atoms with Gasteiger partial charge in [-0.05, 0) is 55.5 Å². The van der Waals surface area contributed by atoms with Crippen LogP contribution in [0, 0.1) is 0 Å². The van der Waals surface area contributed by atoms with Crippen molar-refractivity contribution in [2.24, 2.45) is 0 Å². The summed E-state index contributed by atoms with van der Waals surface area (Å²) < 4.78 is 0. The van der Waals surface area contributed by atoms with Crippen molar-refractivity contribution in [1.29, 1.82) is 0 Å². The average Bonchev–Trinajstić information content (AvgIpc) is 2.97. The van der Waals surface area contributed by atoms with E-state index < -0.39 is 0 Å². The molecule has 3 N–H and O–H groups in total. The predicted molar refractivity (Wildman–Crippen MR) is 85.1 cm³/mol. The molecule has 2 aromatic heterocycles. The Hall–Kier alpha value is -1.81. The number of hydrogen-bond donors (Lipinski definition) is 2. The van der Waals surface area contributed by atoms with Gasteiger partial charge >= 0.3 is 0 Å². The number of aryl methyl sites for hydroxylation is 2. The molecule has 0 bridgehead atoms. The molecule has 0 atom stereocenters. The van der Waals surface area contributed by atoms with Gasteiger partial charge in [0, 0.05) is 10.6 Å². The normalized spacial score (nSPS) is 15.2. The minimum absolute atomic E-state index is 0.773. The summed E-state index contributed by atoms with van der Waals surface area (Å²) in [5.74, 6) is 0.976. The molecule has 0 spiro atoms. The van der Waals surface area contributed by atoms with Crippen LogP contribution in [-0.4, -0.2) is 9.97 Å². The summed E-state index contributed by atoms with van der Waals surface area (Å²) in [6.07, 6.45) is 6.45. The topological polar surface area (TPSA) is 54.7 Å². The van der Waals surface area contributed by atoms with Crippen LogP contribution < -0.4 is 5.73 Å². The fourth-order valence-electron chi connectivity index (χ4n) is 2.93. The number of nitrogens with two attached hydrogens (primary N) is 1. The Morgan fingerprint density at radius 2 is 2.00 bits per heavy atom. The first-order valence-electron chi connectivity index (χ1n) is 7.17. The van der Waals surface area contributed by atoms with Crippen LogP contribution >= 0.6 is 11.3 Å². The van der Waals surface area contributed by atoms with E-state index in [4.69, 9.17) is 10.7 Å². The van der Waals surface area contributed by atoms with Crippen LogP contribution in [0.5, 0.6) is 0 Å². The second-order valence-electron chi connectivity index (χ2n) is 5.48. The van der Waals surface area contributed by atoms with Gasteiger partial charge in [0.2, 0.25) is 0 Å². The number of nitrogens with zero attached hydrogens (tertiary/aromatic N) is 1. The van der Waals surface area contributed by atoms with Gasteiger partial charge in [0.05, 0.1) is 15.9 Å². The molecule has 2 heterocycles. The highest BCUT2D eigenvalue weighted by Crippen LogP contribution is 2.34. The number of aromatic nitrogens is 2. The fraction of sp³-hybridized carbons (Fsp3) is 0.312. The van der Waals surface area contributed by atoms with Crippen molar-refractivity contribution in [2.45, 2.75) is 32.1 Å². The van der Waals surface area contributed by atoms with E-state index in [1.807, 2.05) is 29.5 Å². The number of aromatic amines is 1. The Labute approximate surface area is 121 Å². The van der Waals surface area contributed by atoms with Crippen molar-refractivity contribution in [3.63, 3.8) is 0 Å². The number of nitrogens with one attached hydrogen (secondary N) is 1. The molecule has 0 aliphatic heterocycles.